The zero-order valence-electron chi connectivity index (χ0n) is 23.5. The van der Waals surface area contributed by atoms with Gasteiger partial charge in [0.15, 0.2) is 28.7 Å². The minimum absolute atomic E-state index is 0.0182. The van der Waals surface area contributed by atoms with Gasteiger partial charge >= 0.3 is 11.9 Å². The van der Waals surface area contributed by atoms with Crippen LogP contribution in [0.5, 0.6) is 17.2 Å². The highest BCUT2D eigenvalue weighted by Gasteiger charge is 2.34. The predicted molar refractivity (Wildman–Crippen MR) is 163 cm³/mol. The van der Waals surface area contributed by atoms with E-state index < -0.39 is 30.1 Å². The third kappa shape index (κ3) is 6.96. The summed E-state index contributed by atoms with van der Waals surface area (Å²) >= 11 is 13.7. The zero-order chi connectivity index (χ0) is 31.3. The Morgan fingerprint density at radius 1 is 1.09 bits per heavy atom. The van der Waals surface area contributed by atoms with Gasteiger partial charge in [-0.25, -0.2) is 14.6 Å². The van der Waals surface area contributed by atoms with E-state index in [-0.39, 0.29) is 34.6 Å². The number of fused-ring (bicyclic) bond motifs is 1. The highest BCUT2D eigenvalue weighted by molar-refractivity contribution is 7.07. The first-order chi connectivity index (χ1) is 20.6. The second-order valence-electron chi connectivity index (χ2n) is 9.04. The SMILES string of the molecule is C=CCOc1ccc([C@@H]2C(C(=O)OCC)=C(C)N=c3s/c(=C/c4cc(Cl)c(OCC(=O)O)c(Cl)c4)c(=O)n32)cc1OCC. The van der Waals surface area contributed by atoms with Gasteiger partial charge in [0, 0.05) is 0 Å². The first kappa shape index (κ1) is 31.9. The number of rotatable bonds is 12. The summed E-state index contributed by atoms with van der Waals surface area (Å²) in [5, 5.41) is 9.05. The molecule has 1 aromatic heterocycles. The molecule has 0 radical (unpaired) electrons. The lowest BCUT2D eigenvalue weighted by atomic mass is 9.95. The molecule has 13 heteroatoms. The van der Waals surface area contributed by atoms with Gasteiger partial charge < -0.3 is 24.1 Å². The number of hydrogen-bond donors (Lipinski definition) is 1. The normalized spacial score (nSPS) is 14.5. The van der Waals surface area contributed by atoms with E-state index in [9.17, 15) is 14.4 Å². The molecule has 1 aliphatic heterocycles. The summed E-state index contributed by atoms with van der Waals surface area (Å²) in [5.41, 5.74) is 1.28. The van der Waals surface area contributed by atoms with E-state index >= 15 is 0 Å². The van der Waals surface area contributed by atoms with Gasteiger partial charge in [-0.3, -0.25) is 9.36 Å². The van der Waals surface area contributed by atoms with Crippen LogP contribution in [0.2, 0.25) is 10.0 Å². The molecule has 0 saturated carbocycles. The molecule has 0 fully saturated rings. The van der Waals surface area contributed by atoms with E-state index in [1.54, 1.807) is 44.2 Å². The van der Waals surface area contributed by atoms with Crippen LogP contribution in [0.1, 0.15) is 37.9 Å². The maximum absolute atomic E-state index is 14.0. The molecule has 4 rings (SSSR count). The van der Waals surface area contributed by atoms with Gasteiger partial charge in [-0.1, -0.05) is 53.3 Å². The average molecular weight is 648 g/mol. The van der Waals surface area contributed by atoms with Crippen LogP contribution in [0.15, 0.2) is 64.0 Å². The topological polar surface area (TPSA) is 126 Å². The van der Waals surface area contributed by atoms with Crippen molar-refractivity contribution < 1.29 is 33.6 Å². The molecule has 3 aromatic rings. The molecule has 1 aliphatic rings. The minimum atomic E-state index is -1.18. The second kappa shape index (κ2) is 13.9. The van der Waals surface area contributed by atoms with Crippen LogP contribution in [0.4, 0.5) is 0 Å². The van der Waals surface area contributed by atoms with E-state index in [2.05, 4.69) is 11.6 Å². The van der Waals surface area contributed by atoms with Crippen LogP contribution in [0, 0.1) is 0 Å². The quantitative estimate of drug-likeness (QED) is 0.225. The van der Waals surface area contributed by atoms with Gasteiger partial charge in [-0.2, -0.15) is 0 Å². The van der Waals surface area contributed by atoms with Crippen molar-refractivity contribution in [2.24, 2.45) is 4.99 Å². The molecule has 43 heavy (non-hydrogen) atoms. The van der Waals surface area contributed by atoms with Gasteiger partial charge in [0.1, 0.15) is 6.61 Å². The van der Waals surface area contributed by atoms with E-state index in [1.807, 2.05) is 6.92 Å². The highest BCUT2D eigenvalue weighted by Crippen LogP contribution is 2.37. The Morgan fingerprint density at radius 2 is 1.81 bits per heavy atom. The van der Waals surface area contributed by atoms with Crippen LogP contribution in [0.3, 0.4) is 0 Å². The van der Waals surface area contributed by atoms with Gasteiger partial charge in [-0.05, 0) is 62.2 Å². The van der Waals surface area contributed by atoms with E-state index in [0.29, 0.717) is 44.3 Å². The number of carbonyl (C=O) groups excluding carboxylic acids is 1. The lowest BCUT2D eigenvalue weighted by molar-refractivity contribution is -0.140. The van der Waals surface area contributed by atoms with Crippen molar-refractivity contribution in [3.8, 4) is 17.2 Å². The Labute approximate surface area is 260 Å². The van der Waals surface area contributed by atoms with Crippen molar-refractivity contribution in [2.75, 3.05) is 26.4 Å². The summed E-state index contributed by atoms with van der Waals surface area (Å²) in [6.07, 6.45) is 3.20. The van der Waals surface area contributed by atoms with Gasteiger partial charge in [0.05, 0.1) is 45.1 Å². The Bertz CT molecular complexity index is 1770. The van der Waals surface area contributed by atoms with Crippen LogP contribution >= 0.6 is 34.5 Å². The monoisotopic (exact) mass is 646 g/mol. The number of carbonyl (C=O) groups is 2. The Hall–Kier alpha value is -4.06. The minimum Gasteiger partial charge on any atom is -0.490 e. The fraction of sp³-hybridized carbons (Fsp3) is 0.267. The van der Waals surface area contributed by atoms with E-state index in [0.717, 1.165) is 11.3 Å². The molecule has 0 aliphatic carbocycles. The van der Waals surface area contributed by atoms with E-state index in [1.165, 1.54) is 16.7 Å². The Kier molecular flexibility index (Phi) is 10.3. The largest absolute Gasteiger partial charge is 0.490 e. The number of benzene rings is 2. The van der Waals surface area contributed by atoms with Gasteiger partial charge in [-0.15, -0.1) is 0 Å². The summed E-state index contributed by atoms with van der Waals surface area (Å²) in [5.74, 6) is -0.832. The number of aromatic nitrogens is 1. The molecule has 0 unspecified atom stereocenters. The van der Waals surface area contributed by atoms with Gasteiger partial charge in [0.25, 0.3) is 5.56 Å². The molecule has 10 nitrogen and oxygen atoms in total. The third-order valence-electron chi connectivity index (χ3n) is 6.12. The number of thiazole rings is 1. The van der Waals surface area contributed by atoms with Crippen LogP contribution < -0.4 is 29.1 Å². The highest BCUT2D eigenvalue weighted by atomic mass is 35.5. The molecule has 0 bridgehead atoms. The first-order valence-electron chi connectivity index (χ1n) is 13.1. The standard InChI is InChI=1S/C30H28Cl2N2O8S/c1-5-10-41-21-9-8-18(14-22(21)39-6-2)26-25(29(38)40-7-3)16(4)33-30-34(26)28(37)23(43-30)13-17-11-19(31)27(20(32)12-17)42-15-24(35)36/h5,8-9,11-14,26H,1,6-7,10,15H2,2-4H3,(H,35,36)/b23-13+/t26-/m1/s1. The van der Waals surface area contributed by atoms with Crippen molar-refractivity contribution in [1.82, 2.24) is 4.57 Å². The molecular weight excluding hydrogens is 619 g/mol. The van der Waals surface area contributed by atoms with Crippen molar-refractivity contribution >= 4 is 52.6 Å². The van der Waals surface area contributed by atoms with Crippen molar-refractivity contribution in [1.29, 1.82) is 0 Å². The third-order valence-corrected chi connectivity index (χ3v) is 7.66. The maximum Gasteiger partial charge on any atom is 0.341 e. The average Bonchev–Trinajstić information content (AvgIpc) is 3.25. The predicted octanol–water partition coefficient (Wildman–Crippen LogP) is 4.53. The first-order valence-corrected chi connectivity index (χ1v) is 14.7. The number of carboxylic acids is 1. The molecule has 226 valence electrons. The summed E-state index contributed by atoms with van der Waals surface area (Å²) in [6.45, 7) is 9.05. The van der Waals surface area contributed by atoms with Crippen molar-refractivity contribution in [2.45, 2.75) is 26.8 Å². The van der Waals surface area contributed by atoms with Crippen LogP contribution in [-0.2, 0) is 14.3 Å². The molecule has 2 heterocycles. The Morgan fingerprint density at radius 3 is 2.44 bits per heavy atom. The zero-order valence-corrected chi connectivity index (χ0v) is 25.8. The Balaban J connectivity index is 1.89. The molecule has 1 N–H and O–H groups in total. The van der Waals surface area contributed by atoms with Crippen LogP contribution in [-0.4, -0.2) is 48.0 Å². The number of nitrogens with zero attached hydrogens (tertiary/aromatic N) is 2. The van der Waals surface area contributed by atoms with Gasteiger partial charge in [0.2, 0.25) is 0 Å². The number of ether oxygens (including phenoxy) is 4. The van der Waals surface area contributed by atoms with Crippen molar-refractivity contribution in [3.05, 3.63) is 95.1 Å². The number of aliphatic carboxylic acids is 1. The number of allylic oxidation sites excluding steroid dienone is 1. The van der Waals surface area contributed by atoms with E-state index in [4.69, 9.17) is 47.3 Å². The number of carboxylic acid groups (broad SMARTS) is 1. The summed E-state index contributed by atoms with van der Waals surface area (Å²) in [7, 11) is 0. The second-order valence-corrected chi connectivity index (χ2v) is 10.9. The number of esters is 1. The van der Waals surface area contributed by atoms with Crippen LogP contribution in [0.25, 0.3) is 6.08 Å². The molecule has 1 atom stereocenters. The molecule has 0 saturated heterocycles. The molecular formula is C30H28Cl2N2O8S. The summed E-state index contributed by atoms with van der Waals surface area (Å²) in [4.78, 5) is 43.0. The number of halogens is 2. The summed E-state index contributed by atoms with van der Waals surface area (Å²) in [6, 6.07) is 7.35. The maximum atomic E-state index is 14.0. The van der Waals surface area contributed by atoms with Crippen molar-refractivity contribution in [3.63, 3.8) is 0 Å². The molecule has 0 spiro atoms. The lowest BCUT2D eigenvalue weighted by Gasteiger charge is -2.25. The number of hydrogen-bond acceptors (Lipinski definition) is 9. The molecule has 0 amide bonds. The molecule has 2 aromatic carbocycles. The smallest absolute Gasteiger partial charge is 0.341 e. The fourth-order valence-corrected chi connectivity index (χ4v) is 6.08. The fourth-order valence-electron chi connectivity index (χ4n) is 4.42. The lowest BCUT2D eigenvalue weighted by Crippen LogP contribution is -2.40. The summed E-state index contributed by atoms with van der Waals surface area (Å²) < 4.78 is 23.8.